The number of nitrogens with zero attached hydrogens (tertiary/aromatic N) is 7. The second-order valence-corrected chi connectivity index (χ2v) is 14.2. The number of methoxy groups -OCH3 is 1. The lowest BCUT2D eigenvalue weighted by atomic mass is 9.95. The Morgan fingerprint density at radius 1 is 0.983 bits per heavy atom. The third-order valence-electron chi connectivity index (χ3n) is 11.0. The van der Waals surface area contributed by atoms with Crippen LogP contribution in [-0.4, -0.2) is 92.9 Å². The van der Waals surface area contributed by atoms with Crippen LogP contribution in [-0.2, 0) is 12.6 Å². The molecule has 3 fully saturated rings. The van der Waals surface area contributed by atoms with E-state index in [4.69, 9.17) is 26.1 Å². The van der Waals surface area contributed by atoms with E-state index in [-0.39, 0.29) is 51.6 Å². The highest BCUT2D eigenvalue weighted by molar-refractivity contribution is 6.03. The second-order valence-electron chi connectivity index (χ2n) is 14.2. The molecule has 2 N–H and O–H groups in total. The molecule has 7 heterocycles. The van der Waals surface area contributed by atoms with Gasteiger partial charge in [0.15, 0.2) is 5.82 Å². The number of hydrogen-bond donors (Lipinski definition) is 2. The van der Waals surface area contributed by atoms with Gasteiger partial charge in [-0.1, -0.05) is 39.7 Å². The number of hydrogen-bond acceptors (Lipinski definition) is 11. The van der Waals surface area contributed by atoms with Gasteiger partial charge in [-0.15, -0.1) is 6.42 Å². The molecule has 3 aromatic heterocycles. The van der Waals surface area contributed by atoms with Crippen LogP contribution < -0.4 is 19.7 Å². The number of phenolic OH excluding ortho intramolecular Hbond substituents is 1. The van der Waals surface area contributed by atoms with Crippen molar-refractivity contribution in [2.45, 2.75) is 84.0 Å². The molecule has 16 heteroatoms. The molecule has 1 atom stereocenters. The SMILES string of the molecule is C#Cc1c(F)ccc2cc(O)cc(-c3nc4c5c(nc(OCC67CCCN6CCC7)nc5c3F)N3CCNCC3CC4)c12.CC.CC.COc1ccnc(C(F)(F)F)n1. The minimum absolute atomic E-state index is 0.00722. The molecule has 11 nitrogen and oxygen atoms in total. The number of benzene rings is 2. The smallest absolute Gasteiger partial charge is 0.451 e. The molecule has 0 saturated carbocycles. The number of pyridine rings is 1. The summed E-state index contributed by atoms with van der Waals surface area (Å²) in [4.78, 5) is 25.3. The number of fused-ring (bicyclic) bond motifs is 4. The molecule has 0 radical (unpaired) electrons. The van der Waals surface area contributed by atoms with Crippen molar-refractivity contribution in [3.8, 4) is 41.2 Å². The van der Waals surface area contributed by atoms with Crippen LogP contribution >= 0.6 is 0 Å². The molecule has 9 rings (SSSR count). The third-order valence-corrected chi connectivity index (χ3v) is 11.0. The van der Waals surface area contributed by atoms with Gasteiger partial charge in [0.2, 0.25) is 11.7 Å². The van der Waals surface area contributed by atoms with E-state index in [1.165, 1.54) is 37.4 Å². The summed E-state index contributed by atoms with van der Waals surface area (Å²) in [7, 11) is 1.24. The van der Waals surface area contributed by atoms with E-state index in [0.29, 0.717) is 40.7 Å². The Labute approximate surface area is 340 Å². The summed E-state index contributed by atoms with van der Waals surface area (Å²) in [5.41, 5.74) is 0.932. The lowest BCUT2D eigenvalue weighted by molar-refractivity contribution is -0.145. The maximum atomic E-state index is 16.9. The van der Waals surface area contributed by atoms with Gasteiger partial charge >= 0.3 is 12.2 Å². The fourth-order valence-corrected chi connectivity index (χ4v) is 8.44. The fraction of sp³-hybridized carbons (Fsp3) is 0.465. The van der Waals surface area contributed by atoms with Gasteiger partial charge in [-0.25, -0.2) is 18.7 Å². The molecule has 0 bridgehead atoms. The van der Waals surface area contributed by atoms with Crippen molar-refractivity contribution < 1.29 is 36.5 Å². The first-order chi connectivity index (χ1) is 28.5. The minimum atomic E-state index is -4.52. The Balaban J connectivity index is 0.000000312. The monoisotopic (exact) mass is 820 g/mol. The topological polar surface area (TPSA) is 122 Å². The molecule has 0 amide bonds. The number of aromatic nitrogens is 5. The number of aryl methyl sites for hydroxylation is 1. The highest BCUT2D eigenvalue weighted by Crippen LogP contribution is 2.43. The number of ether oxygens (including phenoxy) is 2. The Bertz CT molecular complexity index is 2330. The Morgan fingerprint density at radius 2 is 1.73 bits per heavy atom. The van der Waals surface area contributed by atoms with Crippen molar-refractivity contribution in [1.82, 2.24) is 35.1 Å². The highest BCUT2D eigenvalue weighted by atomic mass is 19.4. The lowest BCUT2D eigenvalue weighted by Gasteiger charge is -2.36. The number of phenols is 1. The first-order valence-corrected chi connectivity index (χ1v) is 20.1. The van der Waals surface area contributed by atoms with Crippen molar-refractivity contribution in [2.75, 3.05) is 51.3 Å². The van der Waals surface area contributed by atoms with Crippen molar-refractivity contribution >= 4 is 27.5 Å². The number of aromatic hydroxyl groups is 1. The average molecular weight is 821 g/mol. The van der Waals surface area contributed by atoms with Crippen LogP contribution in [0.4, 0.5) is 27.8 Å². The van der Waals surface area contributed by atoms with Gasteiger partial charge in [-0.05, 0) is 75.2 Å². The number of terminal acetylenes is 1. The number of anilines is 1. The molecule has 0 aliphatic carbocycles. The number of rotatable bonds is 5. The molecule has 1 unspecified atom stereocenters. The first kappa shape index (κ1) is 43.2. The predicted octanol–water partition coefficient (Wildman–Crippen LogP) is 8.10. The maximum absolute atomic E-state index is 16.9. The van der Waals surface area contributed by atoms with Crippen molar-refractivity contribution in [3.05, 3.63) is 65.2 Å². The average Bonchev–Trinajstić information content (AvgIpc) is 3.80. The van der Waals surface area contributed by atoms with Crippen molar-refractivity contribution in [3.63, 3.8) is 0 Å². The summed E-state index contributed by atoms with van der Waals surface area (Å²) in [5, 5.41) is 15.5. The predicted molar refractivity (Wildman–Crippen MR) is 217 cm³/mol. The lowest BCUT2D eigenvalue weighted by Crippen LogP contribution is -2.51. The van der Waals surface area contributed by atoms with E-state index in [1.54, 1.807) is 0 Å². The molecule has 2 aromatic carbocycles. The summed E-state index contributed by atoms with van der Waals surface area (Å²) in [6.45, 7) is 12.9. The molecule has 59 heavy (non-hydrogen) atoms. The normalized spacial score (nSPS) is 17.8. The van der Waals surface area contributed by atoms with Crippen LogP contribution in [0, 0.1) is 24.0 Å². The van der Waals surface area contributed by atoms with Crippen LogP contribution in [0.15, 0.2) is 36.5 Å². The molecule has 0 spiro atoms. The van der Waals surface area contributed by atoms with Gasteiger partial charge in [0, 0.05) is 48.9 Å². The Kier molecular flexibility index (Phi) is 13.4. The fourth-order valence-electron chi connectivity index (χ4n) is 8.44. The quantitative estimate of drug-likeness (QED) is 0.132. The molecule has 3 saturated heterocycles. The standard InChI is InChI=1S/C33H32F2N6O2.C6H5F3N2O.2C2H6/c1-2-22-24(34)7-5-19-15-21(42)16-23(26(19)22)29-28(35)30-27-25(37-29)8-6-20-17-36-11-14-41(20)31(27)39-32(38-30)43-18-33-9-3-12-40(33)13-4-10-33;1-12-4-2-3-10-5(11-4)6(7,8)9;2*1-2/h1,5,7,15-16,20,36,42H,3-4,6,8-14,17-18H2;2-3H,1H3;2*1-2H3. The second kappa shape index (κ2) is 18.3. The van der Waals surface area contributed by atoms with Gasteiger partial charge in [-0.3, -0.25) is 4.90 Å². The van der Waals surface area contributed by atoms with E-state index < -0.39 is 23.6 Å². The zero-order valence-corrected chi connectivity index (χ0v) is 33.9. The largest absolute Gasteiger partial charge is 0.508 e. The van der Waals surface area contributed by atoms with Crippen molar-refractivity contribution in [2.24, 2.45) is 0 Å². The molecular weight excluding hydrogens is 772 g/mol. The molecule has 314 valence electrons. The Morgan fingerprint density at radius 3 is 2.42 bits per heavy atom. The Hall–Kier alpha value is -5.40. The zero-order valence-electron chi connectivity index (χ0n) is 33.9. The van der Waals surface area contributed by atoms with Crippen LogP contribution in [0.5, 0.6) is 17.6 Å². The summed E-state index contributed by atoms with van der Waals surface area (Å²) in [5.74, 6) is 0.386. The zero-order chi connectivity index (χ0) is 42.5. The summed E-state index contributed by atoms with van der Waals surface area (Å²) < 4.78 is 78.4. The van der Waals surface area contributed by atoms with Gasteiger partial charge < -0.3 is 24.8 Å². The first-order valence-electron chi connectivity index (χ1n) is 20.1. The third kappa shape index (κ3) is 8.54. The molecular formula is C43H49F5N8O3. The summed E-state index contributed by atoms with van der Waals surface area (Å²) in [6, 6.07) is 7.20. The van der Waals surface area contributed by atoms with E-state index in [0.717, 1.165) is 71.0 Å². The number of halogens is 5. The van der Waals surface area contributed by atoms with E-state index in [1.807, 2.05) is 27.7 Å². The van der Waals surface area contributed by atoms with Gasteiger partial charge in [0.25, 0.3) is 0 Å². The van der Waals surface area contributed by atoms with Crippen LogP contribution in [0.25, 0.3) is 32.9 Å². The van der Waals surface area contributed by atoms with E-state index >= 15 is 4.39 Å². The molecule has 4 aliphatic heterocycles. The van der Waals surface area contributed by atoms with Gasteiger partial charge in [0.05, 0.1) is 29.3 Å². The van der Waals surface area contributed by atoms with Crippen LogP contribution in [0.1, 0.15) is 76.9 Å². The van der Waals surface area contributed by atoms with E-state index in [9.17, 15) is 22.7 Å². The number of piperazine rings is 1. The number of nitrogens with one attached hydrogen (secondary N) is 1. The molecule has 5 aromatic rings. The minimum Gasteiger partial charge on any atom is -0.508 e. The van der Waals surface area contributed by atoms with Crippen molar-refractivity contribution in [1.29, 1.82) is 0 Å². The molecule has 4 aliphatic rings. The number of alkyl halides is 3. The summed E-state index contributed by atoms with van der Waals surface area (Å²) >= 11 is 0. The maximum Gasteiger partial charge on any atom is 0.451 e. The van der Waals surface area contributed by atoms with Crippen LogP contribution in [0.3, 0.4) is 0 Å². The van der Waals surface area contributed by atoms with Gasteiger partial charge in [0.1, 0.15) is 35.2 Å². The highest BCUT2D eigenvalue weighted by Gasteiger charge is 2.45. The van der Waals surface area contributed by atoms with Crippen LogP contribution in [0.2, 0.25) is 0 Å². The van der Waals surface area contributed by atoms with E-state index in [2.05, 4.69) is 35.7 Å². The summed E-state index contributed by atoms with van der Waals surface area (Å²) in [6.07, 6.45) is 7.98. The van der Waals surface area contributed by atoms with Gasteiger partial charge in [-0.2, -0.15) is 28.1 Å².